The number of hydrogen-bond donors (Lipinski definition) is 1. The number of amides is 1. The molecule has 1 N–H and O–H groups in total. The lowest BCUT2D eigenvalue weighted by molar-refractivity contribution is -0.119. The lowest BCUT2D eigenvalue weighted by Gasteiger charge is -2.18. The fourth-order valence-corrected chi connectivity index (χ4v) is 5.32. The summed E-state index contributed by atoms with van der Waals surface area (Å²) >= 11 is 1.45. The minimum absolute atomic E-state index is 0.0730. The number of benzene rings is 1. The molecule has 7 heteroatoms. The number of aromatic nitrogens is 4. The Kier molecular flexibility index (Phi) is 8.15. The quantitative estimate of drug-likeness (QED) is 0.358. The monoisotopic (exact) mass is 463 g/mol. The SMILES string of the molecule is CCc1cccc(CC)c1-n1c(SCC(=O)NC2CCCCCC2)nnc1-c1cccnc1. The molecule has 3 aromatic rings. The summed E-state index contributed by atoms with van der Waals surface area (Å²) in [6.45, 7) is 4.33. The molecule has 2 aromatic heterocycles. The largest absolute Gasteiger partial charge is 0.353 e. The topological polar surface area (TPSA) is 72.7 Å². The summed E-state index contributed by atoms with van der Waals surface area (Å²) < 4.78 is 2.12. The molecule has 174 valence electrons. The summed E-state index contributed by atoms with van der Waals surface area (Å²) in [7, 11) is 0. The summed E-state index contributed by atoms with van der Waals surface area (Å²) in [5, 5.41) is 13.0. The van der Waals surface area contributed by atoms with Gasteiger partial charge in [-0.2, -0.15) is 0 Å². The molecular formula is C26H33N5OS. The van der Waals surface area contributed by atoms with E-state index in [4.69, 9.17) is 0 Å². The molecule has 0 bridgehead atoms. The maximum atomic E-state index is 12.8. The van der Waals surface area contributed by atoms with Crippen molar-refractivity contribution in [3.63, 3.8) is 0 Å². The van der Waals surface area contributed by atoms with Crippen LogP contribution in [0.5, 0.6) is 0 Å². The number of pyridine rings is 1. The van der Waals surface area contributed by atoms with Gasteiger partial charge in [0.05, 0.1) is 11.4 Å². The van der Waals surface area contributed by atoms with Gasteiger partial charge in [-0.1, -0.05) is 69.5 Å². The Labute approximate surface area is 200 Å². The van der Waals surface area contributed by atoms with Gasteiger partial charge < -0.3 is 5.32 Å². The molecule has 1 amide bonds. The second-order valence-corrected chi connectivity index (χ2v) is 9.50. The van der Waals surface area contributed by atoms with Crippen LogP contribution in [0.15, 0.2) is 47.9 Å². The maximum absolute atomic E-state index is 12.8. The van der Waals surface area contributed by atoms with Crippen molar-refractivity contribution in [2.24, 2.45) is 0 Å². The first-order valence-corrected chi connectivity index (χ1v) is 13.1. The van der Waals surface area contributed by atoms with Crippen molar-refractivity contribution < 1.29 is 4.79 Å². The summed E-state index contributed by atoms with van der Waals surface area (Å²) in [5.74, 6) is 1.16. The Morgan fingerprint density at radius 3 is 2.39 bits per heavy atom. The highest BCUT2D eigenvalue weighted by Gasteiger charge is 2.22. The van der Waals surface area contributed by atoms with Crippen LogP contribution in [-0.4, -0.2) is 37.5 Å². The van der Waals surface area contributed by atoms with Gasteiger partial charge >= 0.3 is 0 Å². The van der Waals surface area contributed by atoms with Crippen molar-refractivity contribution in [3.8, 4) is 17.1 Å². The Hall–Kier alpha value is -2.67. The molecule has 0 atom stereocenters. The first-order valence-electron chi connectivity index (χ1n) is 12.1. The molecule has 4 rings (SSSR count). The highest BCUT2D eigenvalue weighted by Crippen LogP contribution is 2.32. The zero-order valence-electron chi connectivity index (χ0n) is 19.6. The Balaban J connectivity index is 1.64. The molecule has 0 radical (unpaired) electrons. The average Bonchev–Trinajstić information content (AvgIpc) is 3.10. The molecule has 1 fully saturated rings. The highest BCUT2D eigenvalue weighted by molar-refractivity contribution is 7.99. The van der Waals surface area contributed by atoms with Crippen LogP contribution in [0.4, 0.5) is 0 Å². The number of thioether (sulfide) groups is 1. The predicted molar refractivity (Wildman–Crippen MR) is 134 cm³/mol. The molecule has 6 nitrogen and oxygen atoms in total. The van der Waals surface area contributed by atoms with Crippen molar-refractivity contribution in [3.05, 3.63) is 53.9 Å². The summed E-state index contributed by atoms with van der Waals surface area (Å²) in [4.78, 5) is 17.1. The van der Waals surface area contributed by atoms with Crippen molar-refractivity contribution >= 4 is 17.7 Å². The van der Waals surface area contributed by atoms with E-state index in [9.17, 15) is 4.79 Å². The zero-order chi connectivity index (χ0) is 23.0. The van der Waals surface area contributed by atoms with Gasteiger partial charge in [0.15, 0.2) is 11.0 Å². The first kappa shape index (κ1) is 23.5. The number of nitrogens with zero attached hydrogens (tertiary/aromatic N) is 4. The average molecular weight is 464 g/mol. The molecule has 0 unspecified atom stereocenters. The fraction of sp³-hybridized carbons (Fsp3) is 0.462. The van der Waals surface area contributed by atoms with E-state index in [1.807, 2.05) is 18.3 Å². The number of carbonyl (C=O) groups excluding carboxylic acids is 1. The van der Waals surface area contributed by atoms with Crippen LogP contribution in [0.2, 0.25) is 0 Å². The second-order valence-electron chi connectivity index (χ2n) is 8.56. The van der Waals surface area contributed by atoms with E-state index in [2.05, 4.69) is 57.1 Å². The highest BCUT2D eigenvalue weighted by atomic mass is 32.2. The van der Waals surface area contributed by atoms with E-state index < -0.39 is 0 Å². The summed E-state index contributed by atoms with van der Waals surface area (Å²) in [6, 6.07) is 10.7. The Bertz CT molecular complexity index is 1040. The van der Waals surface area contributed by atoms with Gasteiger partial charge in [0.25, 0.3) is 0 Å². The second kappa shape index (κ2) is 11.5. The van der Waals surface area contributed by atoms with E-state index in [1.54, 1.807) is 6.20 Å². The molecule has 2 heterocycles. The minimum atomic E-state index is 0.0730. The lowest BCUT2D eigenvalue weighted by Crippen LogP contribution is -2.35. The number of hydrogen-bond acceptors (Lipinski definition) is 5. The first-order chi connectivity index (χ1) is 16.2. The van der Waals surface area contributed by atoms with Crippen LogP contribution in [0, 0.1) is 0 Å². The Morgan fingerprint density at radius 2 is 1.76 bits per heavy atom. The molecule has 1 aromatic carbocycles. The molecule has 33 heavy (non-hydrogen) atoms. The molecule has 0 aliphatic heterocycles. The van der Waals surface area contributed by atoms with Crippen LogP contribution >= 0.6 is 11.8 Å². The smallest absolute Gasteiger partial charge is 0.230 e. The lowest BCUT2D eigenvalue weighted by atomic mass is 10.0. The van der Waals surface area contributed by atoms with Crippen molar-refractivity contribution in [1.82, 2.24) is 25.1 Å². The third-order valence-corrected chi connectivity index (χ3v) is 7.22. The maximum Gasteiger partial charge on any atom is 0.230 e. The summed E-state index contributed by atoms with van der Waals surface area (Å²) in [6.07, 6.45) is 12.5. The number of carbonyl (C=O) groups is 1. The van der Waals surface area contributed by atoms with Crippen molar-refractivity contribution in [2.45, 2.75) is 76.4 Å². The standard InChI is InChI=1S/C26H33N5OS/c1-3-19-11-9-12-20(4-2)24(19)31-25(21-13-10-16-27-17-21)29-30-26(31)33-18-23(32)28-22-14-7-5-6-8-15-22/h9-13,16-17,22H,3-8,14-15,18H2,1-2H3,(H,28,32). The number of nitrogens with one attached hydrogen (secondary N) is 1. The fourth-order valence-electron chi connectivity index (χ4n) is 4.57. The van der Waals surface area contributed by atoms with Gasteiger partial charge in [-0.3, -0.25) is 14.3 Å². The van der Waals surface area contributed by atoms with Gasteiger partial charge in [0.1, 0.15) is 0 Å². The number of para-hydroxylation sites is 1. The summed E-state index contributed by atoms with van der Waals surface area (Å²) in [5.41, 5.74) is 4.51. The van der Waals surface area contributed by atoms with E-state index >= 15 is 0 Å². The van der Waals surface area contributed by atoms with E-state index in [0.29, 0.717) is 11.8 Å². The molecule has 0 saturated heterocycles. The molecular weight excluding hydrogens is 430 g/mol. The number of aryl methyl sites for hydroxylation is 2. The predicted octanol–water partition coefficient (Wildman–Crippen LogP) is 5.39. The zero-order valence-corrected chi connectivity index (χ0v) is 20.4. The van der Waals surface area contributed by atoms with Crippen LogP contribution in [-0.2, 0) is 17.6 Å². The van der Waals surface area contributed by atoms with E-state index in [0.717, 1.165) is 47.9 Å². The van der Waals surface area contributed by atoms with Crippen LogP contribution in [0.3, 0.4) is 0 Å². The van der Waals surface area contributed by atoms with Gasteiger partial charge in [-0.15, -0.1) is 10.2 Å². The van der Waals surface area contributed by atoms with Crippen LogP contribution < -0.4 is 5.32 Å². The van der Waals surface area contributed by atoms with E-state index in [1.165, 1.54) is 48.6 Å². The van der Waals surface area contributed by atoms with Gasteiger partial charge in [-0.05, 0) is 48.9 Å². The van der Waals surface area contributed by atoms with Gasteiger partial charge in [0.2, 0.25) is 5.91 Å². The number of rotatable bonds is 8. The van der Waals surface area contributed by atoms with E-state index in [-0.39, 0.29) is 5.91 Å². The van der Waals surface area contributed by atoms with Crippen LogP contribution in [0.25, 0.3) is 17.1 Å². The third-order valence-electron chi connectivity index (χ3n) is 6.29. The molecule has 1 aliphatic carbocycles. The minimum Gasteiger partial charge on any atom is -0.353 e. The van der Waals surface area contributed by atoms with Crippen LogP contribution in [0.1, 0.15) is 63.5 Å². The van der Waals surface area contributed by atoms with Gasteiger partial charge in [0, 0.05) is 24.0 Å². The van der Waals surface area contributed by atoms with Crippen molar-refractivity contribution in [2.75, 3.05) is 5.75 Å². The van der Waals surface area contributed by atoms with Gasteiger partial charge in [-0.25, -0.2) is 0 Å². The van der Waals surface area contributed by atoms with Crippen molar-refractivity contribution in [1.29, 1.82) is 0 Å². The normalized spacial score (nSPS) is 14.7. The molecule has 1 saturated carbocycles. The third kappa shape index (κ3) is 5.64. The Morgan fingerprint density at radius 1 is 1.03 bits per heavy atom. The molecule has 0 spiro atoms. The molecule has 1 aliphatic rings.